The number of carboxylic acid groups (broad SMARTS) is 3. The Hall–Kier alpha value is -2.16. The molecule has 9 nitrogen and oxygen atoms in total. The number of amides is 1. The average Bonchev–Trinajstić information content (AvgIpc) is 2.65. The molecule has 3 N–H and O–H groups in total. The number of hydrogen-bond acceptors (Lipinski definition) is 5. The molecule has 0 fully saturated rings. The fourth-order valence-corrected chi connectivity index (χ4v) is 3.28. The van der Waals surface area contributed by atoms with Crippen LogP contribution in [0.3, 0.4) is 0 Å². The SMILES string of the molecule is CCCCCC(=O)N(CCCC(=O)O)CC(C)N(CCCC(=O)O)CCCC(=O)O. The molecular formula is C21H38N2O7. The Morgan fingerprint density at radius 2 is 1.17 bits per heavy atom. The number of nitrogens with zero attached hydrogens (tertiary/aromatic N) is 2. The second-order valence-corrected chi connectivity index (χ2v) is 7.67. The molecule has 0 aromatic heterocycles. The Labute approximate surface area is 179 Å². The normalized spacial score (nSPS) is 12.0. The van der Waals surface area contributed by atoms with Gasteiger partial charge in [0.05, 0.1) is 0 Å². The van der Waals surface area contributed by atoms with E-state index in [1.807, 2.05) is 11.8 Å². The van der Waals surface area contributed by atoms with Crippen LogP contribution in [-0.4, -0.2) is 81.2 Å². The summed E-state index contributed by atoms with van der Waals surface area (Å²) in [6.45, 7) is 5.76. The summed E-state index contributed by atoms with van der Waals surface area (Å²) in [4.78, 5) is 48.9. The van der Waals surface area contributed by atoms with Gasteiger partial charge in [0.25, 0.3) is 0 Å². The van der Waals surface area contributed by atoms with Gasteiger partial charge in [-0.3, -0.25) is 24.1 Å². The van der Waals surface area contributed by atoms with Crippen molar-refractivity contribution in [2.75, 3.05) is 26.2 Å². The Bertz CT molecular complexity index is 519. The lowest BCUT2D eigenvalue weighted by molar-refractivity contribution is -0.139. The summed E-state index contributed by atoms with van der Waals surface area (Å²) in [5.41, 5.74) is 0. The minimum atomic E-state index is -0.898. The van der Waals surface area contributed by atoms with Crippen LogP contribution >= 0.6 is 0 Å². The van der Waals surface area contributed by atoms with Crippen molar-refractivity contribution in [2.45, 2.75) is 84.1 Å². The molecule has 1 amide bonds. The van der Waals surface area contributed by atoms with Crippen LogP contribution in [0, 0.1) is 0 Å². The Morgan fingerprint density at radius 3 is 1.60 bits per heavy atom. The molecule has 0 bridgehead atoms. The zero-order chi connectivity index (χ0) is 22.9. The van der Waals surface area contributed by atoms with E-state index >= 15 is 0 Å². The van der Waals surface area contributed by atoms with E-state index in [9.17, 15) is 19.2 Å². The third kappa shape index (κ3) is 14.8. The molecule has 0 aromatic carbocycles. The van der Waals surface area contributed by atoms with Gasteiger partial charge < -0.3 is 20.2 Å². The largest absolute Gasteiger partial charge is 0.481 e. The van der Waals surface area contributed by atoms with Crippen molar-refractivity contribution < 1.29 is 34.5 Å². The van der Waals surface area contributed by atoms with E-state index in [-0.39, 0.29) is 31.2 Å². The number of carboxylic acids is 3. The summed E-state index contributed by atoms with van der Waals surface area (Å²) in [5, 5.41) is 26.6. The molecule has 1 unspecified atom stereocenters. The molecule has 30 heavy (non-hydrogen) atoms. The molecule has 0 radical (unpaired) electrons. The minimum absolute atomic E-state index is 0.00305. The highest BCUT2D eigenvalue weighted by molar-refractivity contribution is 5.76. The molecule has 0 aliphatic heterocycles. The lowest BCUT2D eigenvalue weighted by Crippen LogP contribution is -2.45. The van der Waals surface area contributed by atoms with Gasteiger partial charge in [-0.15, -0.1) is 0 Å². The van der Waals surface area contributed by atoms with Crippen LogP contribution in [0.4, 0.5) is 0 Å². The molecule has 0 saturated heterocycles. The summed E-state index contributed by atoms with van der Waals surface area (Å²) in [7, 11) is 0. The van der Waals surface area contributed by atoms with E-state index < -0.39 is 17.9 Å². The topological polar surface area (TPSA) is 135 Å². The molecule has 1 atom stereocenters. The van der Waals surface area contributed by atoms with E-state index in [0.717, 1.165) is 19.3 Å². The van der Waals surface area contributed by atoms with Crippen molar-refractivity contribution in [2.24, 2.45) is 0 Å². The summed E-state index contributed by atoms with van der Waals surface area (Å²) in [6, 6.07) is -0.0902. The van der Waals surface area contributed by atoms with Gasteiger partial charge in [-0.1, -0.05) is 19.8 Å². The van der Waals surface area contributed by atoms with Crippen molar-refractivity contribution in [3.8, 4) is 0 Å². The standard InChI is InChI=1S/C21H38N2O7/c1-3-4-5-9-18(24)23(15-8-12-21(29)30)16-17(2)22(13-6-10-19(25)26)14-7-11-20(27)28/h17H,3-16H2,1-2H3,(H,25,26)(H,27,28)(H,29,30). The van der Waals surface area contributed by atoms with E-state index in [1.54, 1.807) is 4.90 Å². The third-order valence-electron chi connectivity index (χ3n) is 4.95. The van der Waals surface area contributed by atoms with Crippen molar-refractivity contribution in [3.63, 3.8) is 0 Å². The highest BCUT2D eigenvalue weighted by atomic mass is 16.4. The smallest absolute Gasteiger partial charge is 0.303 e. The molecule has 0 spiro atoms. The number of aliphatic carboxylic acids is 3. The first-order valence-electron chi connectivity index (χ1n) is 10.8. The molecule has 0 aromatic rings. The maximum absolute atomic E-state index is 12.7. The van der Waals surface area contributed by atoms with Crippen molar-refractivity contribution in [3.05, 3.63) is 0 Å². The molecule has 174 valence electrons. The number of carbonyl (C=O) groups excluding carboxylic acids is 1. The van der Waals surface area contributed by atoms with Gasteiger partial charge in [-0.2, -0.15) is 0 Å². The van der Waals surface area contributed by atoms with Crippen molar-refractivity contribution in [1.29, 1.82) is 0 Å². The second kappa shape index (κ2) is 16.6. The summed E-state index contributed by atoms with van der Waals surface area (Å²) >= 11 is 0. The van der Waals surface area contributed by atoms with Gasteiger partial charge >= 0.3 is 17.9 Å². The summed E-state index contributed by atoms with van der Waals surface area (Å²) in [6.07, 6.45) is 4.48. The first-order chi connectivity index (χ1) is 14.2. The van der Waals surface area contributed by atoms with Gasteiger partial charge in [-0.25, -0.2) is 0 Å². The van der Waals surface area contributed by atoms with Crippen LogP contribution < -0.4 is 0 Å². The van der Waals surface area contributed by atoms with Crippen molar-refractivity contribution >= 4 is 23.8 Å². The Balaban J connectivity index is 4.99. The van der Waals surface area contributed by atoms with Gasteiger partial charge in [0, 0.05) is 44.8 Å². The zero-order valence-corrected chi connectivity index (χ0v) is 18.3. The van der Waals surface area contributed by atoms with Crippen LogP contribution in [0.5, 0.6) is 0 Å². The number of rotatable bonds is 19. The van der Waals surface area contributed by atoms with Crippen LogP contribution in [-0.2, 0) is 19.2 Å². The maximum Gasteiger partial charge on any atom is 0.303 e. The van der Waals surface area contributed by atoms with Crippen molar-refractivity contribution in [1.82, 2.24) is 9.80 Å². The Kier molecular flexibility index (Phi) is 15.4. The number of unbranched alkanes of at least 4 members (excludes halogenated alkanes) is 2. The van der Waals surface area contributed by atoms with E-state index in [1.165, 1.54) is 0 Å². The zero-order valence-electron chi connectivity index (χ0n) is 18.3. The van der Waals surface area contributed by atoms with Crippen LogP contribution in [0.2, 0.25) is 0 Å². The van der Waals surface area contributed by atoms with E-state index in [2.05, 4.69) is 6.92 Å². The number of hydrogen-bond donors (Lipinski definition) is 3. The molecular weight excluding hydrogens is 392 g/mol. The predicted octanol–water partition coefficient (Wildman–Crippen LogP) is 2.68. The molecule has 0 saturated carbocycles. The van der Waals surface area contributed by atoms with Crippen LogP contribution in [0.15, 0.2) is 0 Å². The fourth-order valence-electron chi connectivity index (χ4n) is 3.28. The third-order valence-corrected chi connectivity index (χ3v) is 4.95. The first-order valence-corrected chi connectivity index (χ1v) is 10.8. The maximum atomic E-state index is 12.7. The fraction of sp³-hybridized carbons (Fsp3) is 0.810. The molecule has 9 heteroatoms. The summed E-state index contributed by atoms with van der Waals surface area (Å²) < 4.78 is 0. The van der Waals surface area contributed by atoms with E-state index in [4.69, 9.17) is 15.3 Å². The first kappa shape index (κ1) is 27.8. The number of carbonyl (C=O) groups is 4. The lowest BCUT2D eigenvalue weighted by atomic mass is 10.1. The quantitative estimate of drug-likeness (QED) is 0.266. The van der Waals surface area contributed by atoms with Gasteiger partial charge in [0.15, 0.2) is 0 Å². The average molecular weight is 431 g/mol. The lowest BCUT2D eigenvalue weighted by Gasteiger charge is -2.34. The minimum Gasteiger partial charge on any atom is -0.481 e. The predicted molar refractivity (Wildman–Crippen MR) is 112 cm³/mol. The molecule has 0 aliphatic carbocycles. The molecule has 0 rings (SSSR count). The monoisotopic (exact) mass is 430 g/mol. The van der Waals surface area contributed by atoms with Gasteiger partial charge in [-0.05, 0) is 45.7 Å². The second-order valence-electron chi connectivity index (χ2n) is 7.67. The highest BCUT2D eigenvalue weighted by Gasteiger charge is 2.21. The van der Waals surface area contributed by atoms with Gasteiger partial charge in [0.1, 0.15) is 0 Å². The summed E-state index contributed by atoms with van der Waals surface area (Å²) in [5.74, 6) is -2.66. The van der Waals surface area contributed by atoms with Crippen LogP contribution in [0.1, 0.15) is 78.1 Å². The van der Waals surface area contributed by atoms with Gasteiger partial charge in [0.2, 0.25) is 5.91 Å². The van der Waals surface area contributed by atoms with Crippen LogP contribution in [0.25, 0.3) is 0 Å². The van der Waals surface area contributed by atoms with E-state index in [0.29, 0.717) is 51.9 Å². The molecule has 0 heterocycles. The molecule has 0 aliphatic rings. The Morgan fingerprint density at radius 1 is 0.700 bits per heavy atom. The highest BCUT2D eigenvalue weighted by Crippen LogP contribution is 2.11.